The molecule has 2 aromatic carbocycles. The fourth-order valence-electron chi connectivity index (χ4n) is 3.67. The fraction of sp³-hybridized carbons (Fsp3) is 0.417. The van der Waals surface area contributed by atoms with Crippen molar-refractivity contribution >= 4 is 11.6 Å². The number of hydrogen-bond acceptors (Lipinski definition) is 5. The van der Waals surface area contributed by atoms with E-state index < -0.39 is 0 Å². The Bertz CT molecular complexity index is 925. The summed E-state index contributed by atoms with van der Waals surface area (Å²) < 4.78 is 11.3. The molecule has 1 N–H and O–H groups in total. The number of carbonyl (C=O) groups is 1. The molecule has 0 saturated carbocycles. The van der Waals surface area contributed by atoms with Crippen molar-refractivity contribution in [3.05, 3.63) is 59.2 Å². The van der Waals surface area contributed by atoms with Gasteiger partial charge in [0.25, 0.3) is 0 Å². The standard InChI is InChI=1S/C24H28N2O4/c1-17-5-4-6-20(13-17)28-11-3-2-7-24(27)25-16-21-15-22(26-30-21)18-8-9-23-19(14-18)10-12-29-23/h4-6,8-9,13-14,21H,2-3,7,10-12,15-16H2,1H3,(H,25,27). The van der Waals surface area contributed by atoms with Crippen LogP contribution < -0.4 is 14.8 Å². The van der Waals surface area contributed by atoms with Crippen LogP contribution in [-0.4, -0.2) is 37.5 Å². The molecule has 1 atom stereocenters. The van der Waals surface area contributed by atoms with Crippen molar-refractivity contribution in [3.8, 4) is 11.5 Å². The zero-order valence-corrected chi connectivity index (χ0v) is 17.4. The first-order valence-electron chi connectivity index (χ1n) is 10.6. The Balaban J connectivity index is 1.11. The Morgan fingerprint density at radius 3 is 3.07 bits per heavy atom. The van der Waals surface area contributed by atoms with Crippen molar-refractivity contribution in [1.29, 1.82) is 0 Å². The number of oxime groups is 1. The van der Waals surface area contributed by atoms with Gasteiger partial charge in [0.1, 0.15) is 17.6 Å². The third-order valence-electron chi connectivity index (χ3n) is 5.34. The molecule has 1 unspecified atom stereocenters. The average Bonchev–Trinajstić information content (AvgIpc) is 3.41. The van der Waals surface area contributed by atoms with Crippen LogP contribution in [0, 0.1) is 6.92 Å². The summed E-state index contributed by atoms with van der Waals surface area (Å²) in [4.78, 5) is 17.6. The molecule has 2 aromatic rings. The summed E-state index contributed by atoms with van der Waals surface area (Å²) in [5.74, 6) is 1.88. The summed E-state index contributed by atoms with van der Waals surface area (Å²) in [7, 11) is 0. The SMILES string of the molecule is Cc1cccc(OCCCCC(=O)NCC2CC(c3ccc4c(c3)CCO4)=NO2)c1. The maximum atomic E-state index is 12.1. The Hall–Kier alpha value is -3.02. The molecule has 0 aromatic heterocycles. The monoisotopic (exact) mass is 408 g/mol. The van der Waals surface area contributed by atoms with Gasteiger partial charge in [0.15, 0.2) is 0 Å². The van der Waals surface area contributed by atoms with E-state index in [2.05, 4.69) is 16.5 Å². The number of hydrogen-bond donors (Lipinski definition) is 1. The lowest BCUT2D eigenvalue weighted by Gasteiger charge is -2.10. The van der Waals surface area contributed by atoms with Gasteiger partial charge in [-0.05, 0) is 66.8 Å². The third-order valence-corrected chi connectivity index (χ3v) is 5.34. The third kappa shape index (κ3) is 5.32. The van der Waals surface area contributed by atoms with E-state index in [1.165, 1.54) is 11.1 Å². The van der Waals surface area contributed by atoms with Gasteiger partial charge in [0.2, 0.25) is 5.91 Å². The first-order chi connectivity index (χ1) is 14.7. The minimum Gasteiger partial charge on any atom is -0.494 e. The molecule has 4 rings (SSSR count). The smallest absolute Gasteiger partial charge is 0.220 e. The van der Waals surface area contributed by atoms with Crippen molar-refractivity contribution in [3.63, 3.8) is 0 Å². The van der Waals surface area contributed by atoms with Gasteiger partial charge >= 0.3 is 0 Å². The lowest BCUT2D eigenvalue weighted by atomic mass is 10.0. The maximum absolute atomic E-state index is 12.1. The van der Waals surface area contributed by atoms with Crippen LogP contribution in [0.4, 0.5) is 0 Å². The number of unbranched alkanes of at least 4 members (excludes halogenated alkanes) is 1. The van der Waals surface area contributed by atoms with Crippen molar-refractivity contribution in [2.75, 3.05) is 19.8 Å². The van der Waals surface area contributed by atoms with Crippen molar-refractivity contribution in [2.24, 2.45) is 5.16 Å². The first-order valence-corrected chi connectivity index (χ1v) is 10.6. The number of rotatable bonds is 9. The fourth-order valence-corrected chi connectivity index (χ4v) is 3.67. The minimum atomic E-state index is -0.113. The van der Waals surface area contributed by atoms with E-state index >= 15 is 0 Å². The second-order valence-electron chi connectivity index (χ2n) is 7.82. The molecular formula is C24H28N2O4. The van der Waals surface area contributed by atoms with Crippen LogP contribution >= 0.6 is 0 Å². The number of amides is 1. The molecule has 30 heavy (non-hydrogen) atoms. The molecule has 0 saturated heterocycles. The highest BCUT2D eigenvalue weighted by Gasteiger charge is 2.24. The zero-order chi connectivity index (χ0) is 20.8. The highest BCUT2D eigenvalue weighted by atomic mass is 16.6. The number of fused-ring (bicyclic) bond motifs is 1. The lowest BCUT2D eigenvalue weighted by molar-refractivity contribution is -0.121. The largest absolute Gasteiger partial charge is 0.494 e. The molecule has 6 heteroatoms. The van der Waals surface area contributed by atoms with Gasteiger partial charge in [-0.1, -0.05) is 17.3 Å². The van der Waals surface area contributed by atoms with Crippen molar-refractivity contribution in [2.45, 2.75) is 45.1 Å². The number of carbonyl (C=O) groups excluding carboxylic acids is 1. The van der Waals surface area contributed by atoms with Crippen LogP contribution in [0.15, 0.2) is 47.6 Å². The molecule has 0 spiro atoms. The van der Waals surface area contributed by atoms with Gasteiger partial charge in [0.05, 0.1) is 25.5 Å². The number of nitrogens with one attached hydrogen (secondary N) is 1. The Morgan fingerprint density at radius 1 is 1.23 bits per heavy atom. The molecule has 0 aliphatic carbocycles. The highest BCUT2D eigenvalue weighted by molar-refractivity contribution is 6.01. The molecular weight excluding hydrogens is 380 g/mol. The Morgan fingerprint density at radius 2 is 2.17 bits per heavy atom. The summed E-state index contributed by atoms with van der Waals surface area (Å²) in [5.41, 5.74) is 4.40. The van der Waals surface area contributed by atoms with Crippen LogP contribution in [0.25, 0.3) is 0 Å². The Labute approximate surface area is 177 Å². The molecule has 158 valence electrons. The van der Waals surface area contributed by atoms with Gasteiger partial charge < -0.3 is 19.6 Å². The second kappa shape index (κ2) is 9.65. The molecule has 0 radical (unpaired) electrons. The molecule has 2 aliphatic rings. The van der Waals surface area contributed by atoms with Gasteiger partial charge in [0, 0.05) is 19.3 Å². The molecule has 1 amide bonds. The molecule has 6 nitrogen and oxygen atoms in total. The van der Waals surface area contributed by atoms with Crippen LogP contribution in [0.5, 0.6) is 11.5 Å². The summed E-state index contributed by atoms with van der Waals surface area (Å²) in [5, 5.41) is 7.18. The van der Waals surface area contributed by atoms with Crippen LogP contribution in [-0.2, 0) is 16.1 Å². The van der Waals surface area contributed by atoms with E-state index in [9.17, 15) is 4.79 Å². The van der Waals surface area contributed by atoms with Crippen LogP contribution in [0.1, 0.15) is 42.4 Å². The summed E-state index contributed by atoms with van der Waals surface area (Å²) >= 11 is 0. The average molecular weight is 408 g/mol. The summed E-state index contributed by atoms with van der Waals surface area (Å²) in [6.45, 7) is 3.87. The van der Waals surface area contributed by atoms with E-state index in [-0.39, 0.29) is 12.0 Å². The second-order valence-corrected chi connectivity index (χ2v) is 7.82. The number of aryl methyl sites for hydroxylation is 1. The molecule has 0 fully saturated rings. The summed E-state index contributed by atoms with van der Waals surface area (Å²) in [6, 6.07) is 14.1. The quantitative estimate of drug-likeness (QED) is 0.641. The molecule has 2 aliphatic heterocycles. The van der Waals surface area contributed by atoms with E-state index in [0.29, 0.717) is 26.0 Å². The number of ether oxygens (including phenoxy) is 2. The van der Waals surface area contributed by atoms with Gasteiger partial charge in [-0.15, -0.1) is 0 Å². The van der Waals surface area contributed by atoms with Gasteiger partial charge in [-0.25, -0.2) is 0 Å². The van der Waals surface area contributed by atoms with Crippen molar-refractivity contribution in [1.82, 2.24) is 5.32 Å². The highest BCUT2D eigenvalue weighted by Crippen LogP contribution is 2.27. The van der Waals surface area contributed by atoms with Gasteiger partial charge in [-0.3, -0.25) is 4.79 Å². The van der Waals surface area contributed by atoms with E-state index in [1.807, 2.05) is 43.3 Å². The first kappa shape index (κ1) is 20.3. The van der Waals surface area contributed by atoms with Crippen LogP contribution in [0.2, 0.25) is 0 Å². The molecule has 2 heterocycles. The van der Waals surface area contributed by atoms with Crippen molar-refractivity contribution < 1.29 is 19.1 Å². The topological polar surface area (TPSA) is 69.2 Å². The van der Waals surface area contributed by atoms with E-state index in [4.69, 9.17) is 14.3 Å². The lowest BCUT2D eigenvalue weighted by Crippen LogP contribution is -2.32. The minimum absolute atomic E-state index is 0.0392. The maximum Gasteiger partial charge on any atom is 0.220 e. The summed E-state index contributed by atoms with van der Waals surface area (Å²) in [6.07, 6.45) is 3.65. The Kier molecular flexibility index (Phi) is 6.52. The van der Waals surface area contributed by atoms with E-state index in [1.54, 1.807) is 0 Å². The number of benzene rings is 2. The molecule has 0 bridgehead atoms. The predicted molar refractivity (Wildman–Crippen MR) is 115 cm³/mol. The van der Waals surface area contributed by atoms with Gasteiger partial charge in [-0.2, -0.15) is 0 Å². The normalized spacial score (nSPS) is 17.0. The number of nitrogens with zero attached hydrogens (tertiary/aromatic N) is 1. The van der Waals surface area contributed by atoms with E-state index in [0.717, 1.165) is 48.6 Å². The van der Waals surface area contributed by atoms with Crippen LogP contribution in [0.3, 0.4) is 0 Å². The zero-order valence-electron chi connectivity index (χ0n) is 17.4. The predicted octanol–water partition coefficient (Wildman–Crippen LogP) is 3.79.